The second-order valence-corrected chi connectivity index (χ2v) is 3.25. The van der Waals surface area contributed by atoms with E-state index in [2.05, 4.69) is 24.9 Å². The molecule has 1 amide bonds. The van der Waals surface area contributed by atoms with Crippen LogP contribution in [0.1, 0.15) is 19.8 Å². The number of piperidine rings is 1. The third-order valence-electron chi connectivity index (χ3n) is 2.05. The number of hydrogen-bond donors (Lipinski definition) is 2. The molecular weight excluding hydrogens is 146 g/mol. The van der Waals surface area contributed by atoms with E-state index in [1.165, 1.54) is 0 Å². The van der Waals surface area contributed by atoms with Gasteiger partial charge in [0.25, 0.3) is 0 Å². The van der Waals surface area contributed by atoms with E-state index in [1.807, 2.05) is 0 Å². The van der Waals surface area contributed by atoms with E-state index in [-0.39, 0.29) is 11.2 Å². The van der Waals surface area contributed by atoms with Crippen molar-refractivity contribution in [2.24, 2.45) is 5.92 Å². The third kappa shape index (κ3) is 1.45. The fourth-order valence-corrected chi connectivity index (χ4v) is 1.74. The molecule has 3 heteroatoms. The average Bonchev–Trinajstić information content (AvgIpc) is 1.95. The second kappa shape index (κ2) is 3.28. The fraction of sp³-hybridized carbons (Fsp3) is 0.857. The summed E-state index contributed by atoms with van der Waals surface area (Å²) >= 11 is 4.22. The summed E-state index contributed by atoms with van der Waals surface area (Å²) in [5, 5.41) is 2.71. The van der Waals surface area contributed by atoms with E-state index >= 15 is 0 Å². The zero-order chi connectivity index (χ0) is 7.56. The molecule has 1 saturated heterocycles. The van der Waals surface area contributed by atoms with Crippen LogP contribution in [0.2, 0.25) is 0 Å². The number of carbonyl (C=O) groups is 1. The summed E-state index contributed by atoms with van der Waals surface area (Å²) in [6.45, 7) is 2.93. The van der Waals surface area contributed by atoms with Gasteiger partial charge in [0.2, 0.25) is 5.91 Å². The number of rotatable bonds is 1. The van der Waals surface area contributed by atoms with Crippen molar-refractivity contribution in [3.8, 4) is 0 Å². The van der Waals surface area contributed by atoms with Gasteiger partial charge in [-0.2, -0.15) is 12.6 Å². The van der Waals surface area contributed by atoms with Crippen LogP contribution < -0.4 is 5.32 Å². The zero-order valence-corrected chi connectivity index (χ0v) is 7.03. The van der Waals surface area contributed by atoms with Gasteiger partial charge in [0.05, 0.1) is 5.25 Å². The van der Waals surface area contributed by atoms with E-state index in [0.29, 0.717) is 5.92 Å². The zero-order valence-electron chi connectivity index (χ0n) is 6.13. The number of nitrogens with one attached hydrogen (secondary N) is 1. The summed E-state index contributed by atoms with van der Waals surface area (Å²) in [7, 11) is 0. The molecule has 0 saturated carbocycles. The Bertz CT molecular complexity index is 138. The predicted molar refractivity (Wildman–Crippen MR) is 44.2 cm³/mol. The molecule has 0 aliphatic carbocycles. The molecule has 0 aromatic rings. The first-order chi connectivity index (χ1) is 4.75. The highest BCUT2D eigenvalue weighted by atomic mass is 32.1. The van der Waals surface area contributed by atoms with Crippen LogP contribution in [0.15, 0.2) is 0 Å². The molecule has 0 aromatic carbocycles. The molecule has 1 rings (SSSR count). The summed E-state index contributed by atoms with van der Waals surface area (Å²) in [5.74, 6) is 0.582. The summed E-state index contributed by atoms with van der Waals surface area (Å²) in [6.07, 6.45) is 2.14. The molecule has 0 spiro atoms. The van der Waals surface area contributed by atoms with Gasteiger partial charge in [0, 0.05) is 6.54 Å². The van der Waals surface area contributed by atoms with E-state index in [0.717, 1.165) is 19.4 Å². The number of amides is 1. The maximum absolute atomic E-state index is 11.0. The van der Waals surface area contributed by atoms with Gasteiger partial charge < -0.3 is 5.32 Å². The maximum atomic E-state index is 11.0. The van der Waals surface area contributed by atoms with Crippen LogP contribution >= 0.6 is 12.6 Å². The Hall–Kier alpha value is -0.180. The molecule has 2 unspecified atom stereocenters. The first kappa shape index (κ1) is 7.92. The lowest BCUT2D eigenvalue weighted by molar-refractivity contribution is -0.122. The molecule has 0 radical (unpaired) electrons. The van der Waals surface area contributed by atoms with E-state index < -0.39 is 0 Å². The van der Waals surface area contributed by atoms with Gasteiger partial charge in [-0.15, -0.1) is 0 Å². The van der Waals surface area contributed by atoms with Gasteiger partial charge in [-0.05, 0) is 12.3 Å². The molecule has 2 nitrogen and oxygen atoms in total. The Morgan fingerprint density at radius 3 is 3.00 bits per heavy atom. The van der Waals surface area contributed by atoms with Gasteiger partial charge in [-0.25, -0.2) is 0 Å². The summed E-state index contributed by atoms with van der Waals surface area (Å²) < 4.78 is 0. The summed E-state index contributed by atoms with van der Waals surface area (Å²) in [4.78, 5) is 11.0. The van der Waals surface area contributed by atoms with Crippen LogP contribution in [0.4, 0.5) is 0 Å². The third-order valence-corrected chi connectivity index (χ3v) is 2.71. The maximum Gasteiger partial charge on any atom is 0.233 e. The minimum atomic E-state index is -0.0706. The molecule has 0 aromatic heterocycles. The lowest BCUT2D eigenvalue weighted by Crippen LogP contribution is -2.42. The van der Waals surface area contributed by atoms with E-state index in [4.69, 9.17) is 0 Å². The van der Waals surface area contributed by atoms with Crippen LogP contribution in [-0.4, -0.2) is 17.7 Å². The molecule has 58 valence electrons. The lowest BCUT2D eigenvalue weighted by atomic mass is 9.94. The van der Waals surface area contributed by atoms with Crippen molar-refractivity contribution in [1.29, 1.82) is 0 Å². The van der Waals surface area contributed by atoms with Crippen LogP contribution in [-0.2, 0) is 4.79 Å². The normalized spacial score (nSPS) is 33.6. The Labute approximate surface area is 66.8 Å². The van der Waals surface area contributed by atoms with E-state index in [9.17, 15) is 4.79 Å². The van der Waals surface area contributed by atoms with Gasteiger partial charge in [-0.1, -0.05) is 13.3 Å². The smallest absolute Gasteiger partial charge is 0.233 e. The fourth-order valence-electron chi connectivity index (χ4n) is 1.28. The molecule has 2 atom stereocenters. The number of thiol groups is 1. The van der Waals surface area contributed by atoms with E-state index in [1.54, 1.807) is 0 Å². The Balaban J connectivity index is 2.51. The summed E-state index contributed by atoms with van der Waals surface area (Å²) in [5.41, 5.74) is 0. The Kier molecular flexibility index (Phi) is 2.60. The first-order valence-corrected chi connectivity index (χ1v) is 4.23. The highest BCUT2D eigenvalue weighted by Crippen LogP contribution is 2.20. The number of carbonyl (C=O) groups excluding carboxylic acids is 1. The Morgan fingerprint density at radius 1 is 1.80 bits per heavy atom. The van der Waals surface area contributed by atoms with Crippen LogP contribution in [0.3, 0.4) is 0 Å². The quantitative estimate of drug-likeness (QED) is 0.545. The molecular formula is C7H13NOS. The monoisotopic (exact) mass is 159 g/mol. The molecule has 10 heavy (non-hydrogen) atoms. The first-order valence-electron chi connectivity index (χ1n) is 3.71. The van der Waals surface area contributed by atoms with Gasteiger partial charge in [0.15, 0.2) is 0 Å². The lowest BCUT2D eigenvalue weighted by Gasteiger charge is -2.26. The van der Waals surface area contributed by atoms with Crippen LogP contribution in [0, 0.1) is 5.92 Å². The molecule has 1 fully saturated rings. The topological polar surface area (TPSA) is 29.1 Å². The van der Waals surface area contributed by atoms with Crippen molar-refractivity contribution in [3.63, 3.8) is 0 Å². The standard InChI is InChI=1S/C7H13NOS/c1-2-5-3-4-8-7(9)6(5)10/h5-6,10H,2-4H2,1H3,(H,8,9). The molecule has 1 aliphatic heterocycles. The van der Waals surface area contributed by atoms with Gasteiger partial charge in [-0.3, -0.25) is 4.79 Å². The highest BCUT2D eigenvalue weighted by molar-refractivity contribution is 7.81. The predicted octanol–water partition coefficient (Wildman–Crippen LogP) is 0.831. The molecule has 0 bridgehead atoms. The number of hydrogen-bond acceptors (Lipinski definition) is 2. The van der Waals surface area contributed by atoms with Crippen LogP contribution in [0.5, 0.6) is 0 Å². The minimum Gasteiger partial charge on any atom is -0.355 e. The van der Waals surface area contributed by atoms with Gasteiger partial charge >= 0.3 is 0 Å². The van der Waals surface area contributed by atoms with Crippen molar-refractivity contribution in [2.45, 2.75) is 25.0 Å². The van der Waals surface area contributed by atoms with Crippen molar-refractivity contribution in [3.05, 3.63) is 0 Å². The van der Waals surface area contributed by atoms with Gasteiger partial charge in [0.1, 0.15) is 0 Å². The minimum absolute atomic E-state index is 0.0706. The molecule has 1 heterocycles. The van der Waals surface area contributed by atoms with Crippen molar-refractivity contribution in [2.75, 3.05) is 6.54 Å². The molecule has 1 aliphatic rings. The largest absolute Gasteiger partial charge is 0.355 e. The Morgan fingerprint density at radius 2 is 2.50 bits per heavy atom. The van der Waals surface area contributed by atoms with Crippen molar-refractivity contribution >= 4 is 18.5 Å². The van der Waals surface area contributed by atoms with Crippen molar-refractivity contribution < 1.29 is 4.79 Å². The molecule has 1 N–H and O–H groups in total. The SMILES string of the molecule is CCC1CCNC(=O)C1S. The second-order valence-electron chi connectivity index (χ2n) is 2.69. The highest BCUT2D eigenvalue weighted by Gasteiger charge is 2.26. The average molecular weight is 159 g/mol. The van der Waals surface area contributed by atoms with Crippen molar-refractivity contribution in [1.82, 2.24) is 5.32 Å². The van der Waals surface area contributed by atoms with Crippen LogP contribution in [0.25, 0.3) is 0 Å². The summed E-state index contributed by atoms with van der Waals surface area (Å²) in [6, 6.07) is 0.